The first-order chi connectivity index (χ1) is 13.2. The molecule has 10 heteroatoms. The first-order valence-electron chi connectivity index (χ1n) is 8.98. The molecule has 0 bridgehead atoms. The van der Waals surface area contributed by atoms with Crippen molar-refractivity contribution in [3.8, 4) is 0 Å². The lowest BCUT2D eigenvalue weighted by molar-refractivity contribution is -0.120. The zero-order valence-corrected chi connectivity index (χ0v) is 16.4. The van der Waals surface area contributed by atoms with E-state index >= 15 is 0 Å². The van der Waals surface area contributed by atoms with E-state index in [0.29, 0.717) is 18.9 Å². The van der Waals surface area contributed by atoms with Crippen molar-refractivity contribution in [3.63, 3.8) is 0 Å². The van der Waals surface area contributed by atoms with Crippen LogP contribution in [0, 0.1) is 17.6 Å². The molecule has 1 aromatic heterocycles. The van der Waals surface area contributed by atoms with Gasteiger partial charge in [-0.25, -0.2) is 22.2 Å². The number of benzene rings is 1. The van der Waals surface area contributed by atoms with E-state index in [9.17, 15) is 22.0 Å². The molecule has 1 aromatic carbocycles. The molecule has 1 atom stereocenters. The summed E-state index contributed by atoms with van der Waals surface area (Å²) >= 11 is 0. The Hall–Kier alpha value is -2.33. The normalized spacial score (nSPS) is 18.4. The van der Waals surface area contributed by atoms with Crippen molar-refractivity contribution in [2.45, 2.75) is 37.8 Å². The van der Waals surface area contributed by atoms with E-state index in [1.165, 1.54) is 16.8 Å². The Labute approximate surface area is 162 Å². The third-order valence-corrected chi connectivity index (χ3v) is 6.47. The van der Waals surface area contributed by atoms with Gasteiger partial charge in [0.1, 0.15) is 11.6 Å². The van der Waals surface area contributed by atoms with Crippen molar-refractivity contribution in [2.24, 2.45) is 5.92 Å². The number of nitrogens with one attached hydrogen (secondary N) is 1. The Morgan fingerprint density at radius 1 is 1.32 bits per heavy atom. The number of aromatic nitrogens is 2. The van der Waals surface area contributed by atoms with Gasteiger partial charge in [-0.05, 0) is 38.8 Å². The molecule has 0 radical (unpaired) electrons. The molecule has 3 rings (SSSR count). The van der Waals surface area contributed by atoms with E-state index < -0.39 is 33.5 Å². The summed E-state index contributed by atoms with van der Waals surface area (Å²) in [6.07, 6.45) is 3.90. The SMILES string of the molecule is CC(C)n1cnc(S(=O)(=O)N2CCCC(C(=O)Nc3ccc(F)cc3F)C2)c1. The molecule has 152 valence electrons. The van der Waals surface area contributed by atoms with Crippen molar-refractivity contribution >= 4 is 21.6 Å². The highest BCUT2D eigenvalue weighted by atomic mass is 32.2. The largest absolute Gasteiger partial charge is 0.334 e. The van der Waals surface area contributed by atoms with Crippen LogP contribution in [0.3, 0.4) is 0 Å². The van der Waals surface area contributed by atoms with Gasteiger partial charge >= 0.3 is 0 Å². The van der Waals surface area contributed by atoms with Gasteiger partial charge in [0.25, 0.3) is 10.0 Å². The van der Waals surface area contributed by atoms with Crippen molar-refractivity contribution in [1.29, 1.82) is 0 Å². The average Bonchev–Trinajstić information content (AvgIpc) is 3.15. The maximum absolute atomic E-state index is 13.8. The van der Waals surface area contributed by atoms with Crippen LogP contribution in [0.25, 0.3) is 0 Å². The highest BCUT2D eigenvalue weighted by Gasteiger charge is 2.34. The molecule has 1 fully saturated rings. The third kappa shape index (κ3) is 4.22. The summed E-state index contributed by atoms with van der Waals surface area (Å²) in [7, 11) is -3.83. The van der Waals surface area contributed by atoms with Crippen LogP contribution in [0.4, 0.5) is 14.5 Å². The van der Waals surface area contributed by atoms with Crippen LogP contribution >= 0.6 is 0 Å². The monoisotopic (exact) mass is 412 g/mol. The number of anilines is 1. The summed E-state index contributed by atoms with van der Waals surface area (Å²) in [4.78, 5) is 16.5. The smallest absolute Gasteiger partial charge is 0.262 e. The minimum absolute atomic E-state index is 0.0223. The van der Waals surface area contributed by atoms with Crippen LogP contribution in [0.5, 0.6) is 0 Å². The predicted molar refractivity (Wildman–Crippen MR) is 99.1 cm³/mol. The van der Waals surface area contributed by atoms with Crippen molar-refractivity contribution < 1.29 is 22.0 Å². The van der Waals surface area contributed by atoms with Gasteiger partial charge in [0.05, 0.1) is 17.9 Å². The van der Waals surface area contributed by atoms with Crippen LogP contribution < -0.4 is 5.32 Å². The number of imidazole rings is 1. The summed E-state index contributed by atoms with van der Waals surface area (Å²) in [6, 6.07) is 2.93. The lowest BCUT2D eigenvalue weighted by atomic mass is 9.98. The maximum atomic E-state index is 13.8. The van der Waals surface area contributed by atoms with E-state index in [-0.39, 0.29) is 29.8 Å². The fourth-order valence-electron chi connectivity index (χ4n) is 3.07. The number of amides is 1. The van der Waals surface area contributed by atoms with Crippen molar-refractivity contribution in [1.82, 2.24) is 13.9 Å². The number of carbonyl (C=O) groups is 1. The standard InChI is InChI=1S/C18H22F2N4O3S/c1-12(2)23-10-17(21-11-23)28(26,27)24-7-3-4-13(9-24)18(25)22-16-6-5-14(19)8-15(16)20/h5-6,8,10-13H,3-4,7,9H2,1-2H3,(H,22,25). The fraction of sp³-hybridized carbons (Fsp3) is 0.444. The van der Waals surface area contributed by atoms with E-state index in [1.807, 2.05) is 13.8 Å². The Morgan fingerprint density at radius 2 is 2.07 bits per heavy atom. The highest BCUT2D eigenvalue weighted by molar-refractivity contribution is 7.89. The molecule has 1 N–H and O–H groups in total. The molecule has 7 nitrogen and oxygen atoms in total. The summed E-state index contributed by atoms with van der Waals surface area (Å²) < 4.78 is 55.4. The van der Waals surface area contributed by atoms with Gasteiger partial charge < -0.3 is 9.88 Å². The minimum Gasteiger partial charge on any atom is -0.334 e. The average molecular weight is 412 g/mol. The molecule has 1 aliphatic heterocycles. The molecule has 2 heterocycles. The van der Waals surface area contributed by atoms with Gasteiger partial charge in [0.15, 0.2) is 5.03 Å². The molecule has 0 aliphatic carbocycles. The summed E-state index contributed by atoms with van der Waals surface area (Å²) in [5.41, 5.74) is -0.137. The van der Waals surface area contributed by atoms with Crippen LogP contribution in [-0.2, 0) is 14.8 Å². The topological polar surface area (TPSA) is 84.3 Å². The Morgan fingerprint density at radius 3 is 2.71 bits per heavy atom. The Bertz CT molecular complexity index is 975. The molecule has 1 amide bonds. The number of sulfonamides is 1. The molecule has 2 aromatic rings. The number of piperidine rings is 1. The van der Waals surface area contributed by atoms with Crippen LogP contribution in [-0.4, -0.2) is 41.3 Å². The van der Waals surface area contributed by atoms with Gasteiger partial charge in [-0.3, -0.25) is 4.79 Å². The third-order valence-electron chi connectivity index (χ3n) is 4.72. The number of rotatable bonds is 5. The van der Waals surface area contributed by atoms with Crippen LogP contribution in [0.15, 0.2) is 35.7 Å². The Kier molecular flexibility index (Phi) is 5.80. The van der Waals surface area contributed by atoms with Gasteiger partial charge in [-0.15, -0.1) is 0 Å². The van der Waals surface area contributed by atoms with Gasteiger partial charge in [-0.2, -0.15) is 4.31 Å². The number of carbonyl (C=O) groups excluding carboxylic acids is 1. The molecule has 1 saturated heterocycles. The first kappa shape index (κ1) is 20.4. The van der Waals surface area contributed by atoms with Crippen molar-refractivity contribution in [2.75, 3.05) is 18.4 Å². The van der Waals surface area contributed by atoms with E-state index in [0.717, 1.165) is 12.1 Å². The molecular formula is C18H22F2N4O3S. The zero-order valence-electron chi connectivity index (χ0n) is 15.6. The quantitative estimate of drug-likeness (QED) is 0.819. The van der Waals surface area contributed by atoms with E-state index in [1.54, 1.807) is 4.57 Å². The predicted octanol–water partition coefficient (Wildman–Crippen LogP) is 2.78. The second-order valence-electron chi connectivity index (χ2n) is 7.07. The molecule has 0 spiro atoms. The molecule has 1 unspecified atom stereocenters. The number of hydrogen-bond donors (Lipinski definition) is 1. The number of hydrogen-bond acceptors (Lipinski definition) is 4. The fourth-order valence-corrected chi connectivity index (χ4v) is 4.51. The molecule has 1 aliphatic rings. The summed E-state index contributed by atoms with van der Waals surface area (Å²) in [6.45, 7) is 4.08. The maximum Gasteiger partial charge on any atom is 0.262 e. The minimum atomic E-state index is -3.83. The number of nitrogens with zero attached hydrogens (tertiary/aromatic N) is 3. The van der Waals surface area contributed by atoms with E-state index in [2.05, 4.69) is 10.3 Å². The van der Waals surface area contributed by atoms with Crippen LogP contribution in [0.1, 0.15) is 32.7 Å². The van der Waals surface area contributed by atoms with Gasteiger partial charge in [-0.1, -0.05) is 0 Å². The molecule has 0 saturated carbocycles. The number of halogens is 2. The summed E-state index contributed by atoms with van der Waals surface area (Å²) in [5.74, 6) is -2.77. The second-order valence-corrected chi connectivity index (χ2v) is 8.95. The Balaban J connectivity index is 1.72. The zero-order chi connectivity index (χ0) is 20.5. The summed E-state index contributed by atoms with van der Waals surface area (Å²) in [5, 5.41) is 2.35. The van der Waals surface area contributed by atoms with Gasteiger partial charge in [0.2, 0.25) is 5.91 Å². The van der Waals surface area contributed by atoms with Crippen LogP contribution in [0.2, 0.25) is 0 Å². The molecule has 28 heavy (non-hydrogen) atoms. The lowest BCUT2D eigenvalue weighted by Gasteiger charge is -2.30. The van der Waals surface area contributed by atoms with E-state index in [4.69, 9.17) is 0 Å². The highest BCUT2D eigenvalue weighted by Crippen LogP contribution is 2.25. The van der Waals surface area contributed by atoms with Gasteiger partial charge in [0, 0.05) is 31.4 Å². The molecular weight excluding hydrogens is 390 g/mol. The second kappa shape index (κ2) is 7.96. The lowest BCUT2D eigenvalue weighted by Crippen LogP contribution is -2.43. The van der Waals surface area contributed by atoms with Crippen molar-refractivity contribution in [3.05, 3.63) is 42.4 Å². The first-order valence-corrected chi connectivity index (χ1v) is 10.4.